The molecule has 2 fully saturated rings. The number of aliphatic carboxylic acids is 1. The summed E-state index contributed by atoms with van der Waals surface area (Å²) in [7, 11) is 0. The number of carboxylic acid groups (broad SMARTS) is 1. The van der Waals surface area contributed by atoms with Crippen molar-refractivity contribution in [3.63, 3.8) is 0 Å². The van der Waals surface area contributed by atoms with E-state index in [1.807, 2.05) is 0 Å². The van der Waals surface area contributed by atoms with Crippen LogP contribution in [0.4, 0.5) is 0 Å². The molecule has 0 amide bonds. The van der Waals surface area contributed by atoms with Gasteiger partial charge in [0, 0.05) is 0 Å². The zero-order valence-corrected chi connectivity index (χ0v) is 7.71. The molecule has 0 spiro atoms. The van der Waals surface area contributed by atoms with E-state index in [-0.39, 0.29) is 5.92 Å². The third-order valence-electron chi connectivity index (χ3n) is 4.18. The molecule has 2 bridgehead atoms. The molecule has 1 N–H and O–H groups in total. The van der Waals surface area contributed by atoms with E-state index in [9.17, 15) is 4.79 Å². The van der Waals surface area contributed by atoms with E-state index in [4.69, 9.17) is 5.11 Å². The summed E-state index contributed by atoms with van der Waals surface area (Å²) in [5.74, 6) is 0.498. The van der Waals surface area contributed by atoms with Crippen molar-refractivity contribution in [3.8, 4) is 0 Å². The van der Waals surface area contributed by atoms with Gasteiger partial charge in [-0.1, -0.05) is 13.8 Å². The van der Waals surface area contributed by atoms with Crippen molar-refractivity contribution >= 4 is 5.97 Å². The maximum absolute atomic E-state index is 10.9. The van der Waals surface area contributed by atoms with Gasteiger partial charge in [-0.2, -0.15) is 0 Å². The van der Waals surface area contributed by atoms with Crippen LogP contribution in [0.25, 0.3) is 0 Å². The standard InChI is InChI=1S/C10H16O2/c1-10(2)6-3-4-8(10)7(5-6)9(11)12/h6-8H,3-5H2,1-2H3,(H,11,12)/t6-,7-,8-/m1/s1. The Bertz CT molecular complexity index is 220. The molecule has 2 aliphatic carbocycles. The summed E-state index contributed by atoms with van der Waals surface area (Å²) in [5.41, 5.74) is 0.295. The summed E-state index contributed by atoms with van der Waals surface area (Å²) >= 11 is 0. The molecule has 0 saturated heterocycles. The van der Waals surface area contributed by atoms with E-state index in [0.29, 0.717) is 17.3 Å². The topological polar surface area (TPSA) is 37.3 Å². The number of fused-ring (bicyclic) bond motifs is 2. The van der Waals surface area contributed by atoms with Crippen LogP contribution in [0.1, 0.15) is 33.1 Å². The third kappa shape index (κ3) is 0.838. The Morgan fingerprint density at radius 2 is 2.08 bits per heavy atom. The molecule has 0 aromatic heterocycles. The minimum atomic E-state index is -0.574. The van der Waals surface area contributed by atoms with Gasteiger partial charge in [-0.3, -0.25) is 4.79 Å². The lowest BCUT2D eigenvalue weighted by Crippen LogP contribution is -2.24. The van der Waals surface area contributed by atoms with Gasteiger partial charge in [0.2, 0.25) is 0 Å². The predicted octanol–water partition coefficient (Wildman–Crippen LogP) is 2.14. The molecule has 3 atom stereocenters. The van der Waals surface area contributed by atoms with Gasteiger partial charge >= 0.3 is 5.97 Å². The second-order valence-electron chi connectivity index (χ2n) is 4.88. The van der Waals surface area contributed by atoms with Gasteiger partial charge < -0.3 is 5.11 Å². The lowest BCUT2D eigenvalue weighted by molar-refractivity contribution is -0.143. The molecule has 0 aromatic rings. The molecule has 0 aromatic carbocycles. The minimum absolute atomic E-state index is 0.0428. The fourth-order valence-electron chi connectivity index (χ4n) is 3.31. The molecule has 2 heteroatoms. The summed E-state index contributed by atoms with van der Waals surface area (Å²) in [6, 6.07) is 0. The third-order valence-corrected chi connectivity index (χ3v) is 4.18. The first-order chi connectivity index (χ1) is 5.53. The molecular weight excluding hydrogens is 152 g/mol. The molecule has 2 rings (SSSR count). The van der Waals surface area contributed by atoms with Crippen molar-refractivity contribution in [2.45, 2.75) is 33.1 Å². The van der Waals surface area contributed by atoms with Crippen LogP contribution in [0, 0.1) is 23.2 Å². The van der Waals surface area contributed by atoms with Crippen LogP contribution in [-0.4, -0.2) is 11.1 Å². The molecule has 2 saturated carbocycles. The largest absolute Gasteiger partial charge is 0.481 e. The summed E-state index contributed by atoms with van der Waals surface area (Å²) in [6.07, 6.45) is 3.31. The monoisotopic (exact) mass is 168 g/mol. The number of hydrogen-bond acceptors (Lipinski definition) is 1. The van der Waals surface area contributed by atoms with Crippen LogP contribution < -0.4 is 0 Å². The average Bonchev–Trinajstić information content (AvgIpc) is 2.40. The first kappa shape index (κ1) is 8.09. The predicted molar refractivity (Wildman–Crippen MR) is 45.7 cm³/mol. The SMILES string of the molecule is CC1(C)[C@@H]2CC[C@@H]1[C@H](C(=O)O)C2. The number of hydrogen-bond donors (Lipinski definition) is 1. The van der Waals surface area contributed by atoms with Gasteiger partial charge in [0.05, 0.1) is 5.92 Å². The molecule has 0 aliphatic heterocycles. The Morgan fingerprint density at radius 3 is 2.33 bits per heavy atom. The fourth-order valence-corrected chi connectivity index (χ4v) is 3.31. The van der Waals surface area contributed by atoms with Gasteiger partial charge in [-0.25, -0.2) is 0 Å². The second-order valence-corrected chi connectivity index (χ2v) is 4.88. The first-order valence-corrected chi connectivity index (χ1v) is 4.76. The Labute approximate surface area is 73.0 Å². The number of carboxylic acids is 1. The zero-order valence-electron chi connectivity index (χ0n) is 7.71. The van der Waals surface area contributed by atoms with Crippen LogP contribution in [0.15, 0.2) is 0 Å². The highest BCUT2D eigenvalue weighted by Crippen LogP contribution is 2.60. The highest BCUT2D eigenvalue weighted by atomic mass is 16.4. The van der Waals surface area contributed by atoms with Crippen LogP contribution >= 0.6 is 0 Å². The smallest absolute Gasteiger partial charge is 0.306 e. The Morgan fingerprint density at radius 1 is 1.42 bits per heavy atom. The fraction of sp³-hybridized carbons (Fsp3) is 0.900. The molecule has 2 aliphatic rings. The zero-order chi connectivity index (χ0) is 8.93. The number of rotatable bonds is 1. The molecule has 12 heavy (non-hydrogen) atoms. The number of carbonyl (C=O) groups is 1. The van der Waals surface area contributed by atoms with Gasteiger partial charge in [0.25, 0.3) is 0 Å². The second kappa shape index (κ2) is 2.24. The lowest BCUT2D eigenvalue weighted by atomic mass is 9.80. The molecular formula is C10H16O2. The van der Waals surface area contributed by atoms with Crippen LogP contribution in [0.5, 0.6) is 0 Å². The van der Waals surface area contributed by atoms with Crippen LogP contribution in [-0.2, 0) is 4.79 Å². The maximum atomic E-state index is 10.9. The molecule has 2 nitrogen and oxygen atoms in total. The quantitative estimate of drug-likeness (QED) is 0.651. The Kier molecular flexibility index (Phi) is 1.51. The summed E-state index contributed by atoms with van der Waals surface area (Å²) in [5, 5.41) is 8.97. The van der Waals surface area contributed by atoms with Crippen LogP contribution in [0.2, 0.25) is 0 Å². The molecule has 68 valence electrons. The first-order valence-electron chi connectivity index (χ1n) is 4.76. The highest BCUT2D eigenvalue weighted by molar-refractivity contribution is 5.71. The van der Waals surface area contributed by atoms with Crippen molar-refractivity contribution in [1.29, 1.82) is 0 Å². The minimum Gasteiger partial charge on any atom is -0.481 e. The molecule has 0 heterocycles. The van der Waals surface area contributed by atoms with E-state index in [1.165, 1.54) is 6.42 Å². The Balaban J connectivity index is 2.24. The van der Waals surface area contributed by atoms with Crippen molar-refractivity contribution < 1.29 is 9.90 Å². The van der Waals surface area contributed by atoms with Crippen molar-refractivity contribution in [2.75, 3.05) is 0 Å². The van der Waals surface area contributed by atoms with E-state index >= 15 is 0 Å². The van der Waals surface area contributed by atoms with Crippen molar-refractivity contribution in [1.82, 2.24) is 0 Å². The van der Waals surface area contributed by atoms with Crippen LogP contribution in [0.3, 0.4) is 0 Å². The normalized spacial score (nSPS) is 43.3. The van der Waals surface area contributed by atoms with E-state index < -0.39 is 5.97 Å². The van der Waals surface area contributed by atoms with Crippen molar-refractivity contribution in [2.24, 2.45) is 23.2 Å². The van der Waals surface area contributed by atoms with Gasteiger partial charge in [0.1, 0.15) is 0 Å². The molecule has 0 radical (unpaired) electrons. The lowest BCUT2D eigenvalue weighted by Gasteiger charge is -2.24. The van der Waals surface area contributed by atoms with E-state index in [2.05, 4.69) is 13.8 Å². The summed E-state index contributed by atoms with van der Waals surface area (Å²) < 4.78 is 0. The summed E-state index contributed by atoms with van der Waals surface area (Å²) in [4.78, 5) is 10.9. The van der Waals surface area contributed by atoms with Gasteiger partial charge in [-0.15, -0.1) is 0 Å². The van der Waals surface area contributed by atoms with E-state index in [1.54, 1.807) is 0 Å². The summed E-state index contributed by atoms with van der Waals surface area (Å²) in [6.45, 7) is 4.47. The van der Waals surface area contributed by atoms with Gasteiger partial charge in [0.15, 0.2) is 0 Å². The maximum Gasteiger partial charge on any atom is 0.306 e. The molecule has 0 unspecified atom stereocenters. The van der Waals surface area contributed by atoms with Crippen molar-refractivity contribution in [3.05, 3.63) is 0 Å². The Hall–Kier alpha value is -0.530. The highest BCUT2D eigenvalue weighted by Gasteiger charge is 2.55. The van der Waals surface area contributed by atoms with E-state index in [0.717, 1.165) is 12.8 Å². The van der Waals surface area contributed by atoms with Gasteiger partial charge in [-0.05, 0) is 36.5 Å². The average molecular weight is 168 g/mol.